The molecule has 0 aliphatic rings. The molecule has 0 heterocycles. The number of benzene rings is 2. The number of nitrogens with one attached hydrogen (secondary N) is 1. The molecule has 5 nitrogen and oxygen atoms in total. The first-order chi connectivity index (χ1) is 12.3. The highest BCUT2D eigenvalue weighted by atomic mass is 35.5. The van der Waals surface area contributed by atoms with E-state index in [0.717, 1.165) is 16.7 Å². The van der Waals surface area contributed by atoms with Crippen LogP contribution in [0.5, 0.6) is 5.75 Å². The van der Waals surface area contributed by atoms with Gasteiger partial charge in [0.2, 0.25) is 0 Å². The van der Waals surface area contributed by atoms with Crippen LogP contribution in [-0.4, -0.2) is 25.1 Å². The second kappa shape index (κ2) is 9.25. The van der Waals surface area contributed by atoms with Gasteiger partial charge in [0, 0.05) is 5.02 Å². The van der Waals surface area contributed by atoms with Crippen LogP contribution in [0.3, 0.4) is 0 Å². The fourth-order valence-corrected chi connectivity index (χ4v) is 2.59. The first kappa shape index (κ1) is 19.8. The molecular formula is C20H22ClNO4. The van der Waals surface area contributed by atoms with Gasteiger partial charge in [0.05, 0.1) is 6.04 Å². The minimum Gasteiger partial charge on any atom is -0.482 e. The maximum Gasteiger partial charge on any atom is 0.344 e. The number of ether oxygens (including phenoxy) is 2. The second-order valence-electron chi connectivity index (χ2n) is 6.11. The molecule has 0 fully saturated rings. The third-order valence-corrected chi connectivity index (χ3v) is 3.92. The molecule has 2 rings (SSSR count). The number of aryl methyl sites for hydroxylation is 2. The van der Waals surface area contributed by atoms with Gasteiger partial charge >= 0.3 is 5.97 Å². The lowest BCUT2D eigenvalue weighted by Crippen LogP contribution is -2.31. The number of halogens is 1. The minimum atomic E-state index is -0.599. The molecule has 0 unspecified atom stereocenters. The molecule has 1 N–H and O–H groups in total. The van der Waals surface area contributed by atoms with Gasteiger partial charge in [-0.3, -0.25) is 4.79 Å². The molecule has 1 amide bonds. The highest BCUT2D eigenvalue weighted by molar-refractivity contribution is 6.30. The van der Waals surface area contributed by atoms with Crippen LogP contribution in [0.4, 0.5) is 0 Å². The molecule has 0 bridgehead atoms. The molecule has 0 aliphatic carbocycles. The van der Waals surface area contributed by atoms with E-state index in [1.165, 1.54) is 0 Å². The standard InChI is InChI=1S/C20H22ClNO4/c1-13-8-14(2)10-18(9-13)25-12-20(24)26-11-19(23)22-15(3)16-4-6-17(21)7-5-16/h4-10,15H,11-12H2,1-3H3,(H,22,23)/t15-/m1/s1. The zero-order valence-corrected chi connectivity index (χ0v) is 15.8. The first-order valence-corrected chi connectivity index (χ1v) is 8.63. The van der Waals surface area contributed by atoms with E-state index < -0.39 is 5.97 Å². The zero-order chi connectivity index (χ0) is 19.1. The van der Waals surface area contributed by atoms with Crippen LogP contribution in [0.2, 0.25) is 5.02 Å². The molecule has 0 radical (unpaired) electrons. The second-order valence-corrected chi connectivity index (χ2v) is 6.55. The van der Waals surface area contributed by atoms with Crippen LogP contribution < -0.4 is 10.1 Å². The van der Waals surface area contributed by atoms with E-state index in [4.69, 9.17) is 21.1 Å². The average molecular weight is 376 g/mol. The Hall–Kier alpha value is -2.53. The van der Waals surface area contributed by atoms with Gasteiger partial charge in [-0.25, -0.2) is 4.79 Å². The van der Waals surface area contributed by atoms with Crippen LogP contribution in [0, 0.1) is 13.8 Å². The predicted octanol–water partition coefficient (Wildman–Crippen LogP) is 3.76. The highest BCUT2D eigenvalue weighted by Gasteiger charge is 2.12. The lowest BCUT2D eigenvalue weighted by molar-refractivity contribution is -0.150. The van der Waals surface area contributed by atoms with Crippen molar-refractivity contribution in [1.82, 2.24) is 5.32 Å². The summed E-state index contributed by atoms with van der Waals surface area (Å²) in [5.74, 6) is -0.383. The van der Waals surface area contributed by atoms with E-state index in [9.17, 15) is 9.59 Å². The molecule has 0 saturated carbocycles. The van der Waals surface area contributed by atoms with Gasteiger partial charge in [-0.05, 0) is 61.7 Å². The first-order valence-electron chi connectivity index (χ1n) is 8.25. The SMILES string of the molecule is Cc1cc(C)cc(OCC(=O)OCC(=O)N[C@H](C)c2ccc(Cl)cc2)c1. The highest BCUT2D eigenvalue weighted by Crippen LogP contribution is 2.17. The maximum absolute atomic E-state index is 11.9. The Kier molecular flexibility index (Phi) is 7.04. The van der Waals surface area contributed by atoms with E-state index in [0.29, 0.717) is 10.8 Å². The van der Waals surface area contributed by atoms with Gasteiger partial charge in [0.25, 0.3) is 5.91 Å². The molecule has 2 aromatic rings. The number of esters is 1. The summed E-state index contributed by atoms with van der Waals surface area (Å²) in [6.07, 6.45) is 0. The predicted molar refractivity (Wildman–Crippen MR) is 100 cm³/mol. The lowest BCUT2D eigenvalue weighted by atomic mass is 10.1. The number of rotatable bonds is 7. The summed E-state index contributed by atoms with van der Waals surface area (Å²) in [7, 11) is 0. The van der Waals surface area contributed by atoms with Crippen molar-refractivity contribution in [2.45, 2.75) is 26.8 Å². The average Bonchev–Trinajstić information content (AvgIpc) is 2.58. The van der Waals surface area contributed by atoms with Gasteiger partial charge in [0.1, 0.15) is 5.75 Å². The smallest absolute Gasteiger partial charge is 0.344 e. The van der Waals surface area contributed by atoms with Crippen molar-refractivity contribution in [2.24, 2.45) is 0 Å². The van der Waals surface area contributed by atoms with Crippen molar-refractivity contribution < 1.29 is 19.1 Å². The van der Waals surface area contributed by atoms with E-state index in [2.05, 4.69) is 5.32 Å². The van der Waals surface area contributed by atoms with Crippen LogP contribution in [-0.2, 0) is 14.3 Å². The van der Waals surface area contributed by atoms with Crippen molar-refractivity contribution in [1.29, 1.82) is 0 Å². The number of hydrogen-bond donors (Lipinski definition) is 1. The molecule has 2 aromatic carbocycles. The summed E-state index contributed by atoms with van der Waals surface area (Å²) in [6.45, 7) is 5.14. The van der Waals surface area contributed by atoms with Gasteiger partial charge in [-0.15, -0.1) is 0 Å². The van der Waals surface area contributed by atoms with Crippen LogP contribution in [0.15, 0.2) is 42.5 Å². The van der Waals surface area contributed by atoms with Crippen LogP contribution in [0.25, 0.3) is 0 Å². The van der Waals surface area contributed by atoms with Gasteiger partial charge < -0.3 is 14.8 Å². The van der Waals surface area contributed by atoms with Gasteiger partial charge in [-0.1, -0.05) is 29.8 Å². The Morgan fingerprint density at radius 1 is 1.04 bits per heavy atom. The Balaban J connectivity index is 1.74. The molecular weight excluding hydrogens is 354 g/mol. The van der Waals surface area contributed by atoms with E-state index >= 15 is 0 Å². The van der Waals surface area contributed by atoms with Crippen molar-refractivity contribution in [3.63, 3.8) is 0 Å². The van der Waals surface area contributed by atoms with E-state index in [1.54, 1.807) is 12.1 Å². The molecule has 6 heteroatoms. The van der Waals surface area contributed by atoms with E-state index in [-0.39, 0.29) is 25.2 Å². The third kappa shape index (κ3) is 6.41. The van der Waals surface area contributed by atoms with Crippen molar-refractivity contribution >= 4 is 23.5 Å². The van der Waals surface area contributed by atoms with Gasteiger partial charge in [-0.2, -0.15) is 0 Å². The maximum atomic E-state index is 11.9. The van der Waals surface area contributed by atoms with E-state index in [1.807, 2.05) is 51.1 Å². The minimum absolute atomic E-state index is 0.218. The molecule has 26 heavy (non-hydrogen) atoms. The molecule has 0 saturated heterocycles. The zero-order valence-electron chi connectivity index (χ0n) is 15.0. The Bertz CT molecular complexity index is 754. The largest absolute Gasteiger partial charge is 0.482 e. The Morgan fingerprint density at radius 2 is 1.65 bits per heavy atom. The Morgan fingerprint density at radius 3 is 2.27 bits per heavy atom. The number of carbonyl (C=O) groups is 2. The van der Waals surface area contributed by atoms with Gasteiger partial charge in [0.15, 0.2) is 13.2 Å². The fourth-order valence-electron chi connectivity index (χ4n) is 2.46. The fraction of sp³-hybridized carbons (Fsp3) is 0.300. The molecule has 138 valence electrons. The van der Waals surface area contributed by atoms with Crippen molar-refractivity contribution in [3.8, 4) is 5.75 Å². The normalized spacial score (nSPS) is 11.5. The summed E-state index contributed by atoms with van der Waals surface area (Å²) >= 11 is 5.84. The lowest BCUT2D eigenvalue weighted by Gasteiger charge is -2.14. The number of carbonyl (C=O) groups excluding carboxylic acids is 2. The summed E-state index contributed by atoms with van der Waals surface area (Å²) in [4.78, 5) is 23.6. The molecule has 0 aliphatic heterocycles. The van der Waals surface area contributed by atoms with Crippen molar-refractivity contribution in [3.05, 3.63) is 64.2 Å². The van der Waals surface area contributed by atoms with Crippen LogP contribution >= 0.6 is 11.6 Å². The van der Waals surface area contributed by atoms with Crippen LogP contribution in [0.1, 0.15) is 29.7 Å². The summed E-state index contributed by atoms with van der Waals surface area (Å²) < 4.78 is 10.3. The quantitative estimate of drug-likeness (QED) is 0.748. The Labute approximate surface area is 158 Å². The third-order valence-electron chi connectivity index (χ3n) is 3.66. The summed E-state index contributed by atoms with van der Waals surface area (Å²) in [5, 5.41) is 3.39. The monoisotopic (exact) mass is 375 g/mol. The number of hydrogen-bond acceptors (Lipinski definition) is 4. The summed E-state index contributed by atoms with van der Waals surface area (Å²) in [5.41, 5.74) is 3.00. The van der Waals surface area contributed by atoms with Crippen molar-refractivity contribution in [2.75, 3.05) is 13.2 Å². The summed E-state index contributed by atoms with van der Waals surface area (Å²) in [6, 6.07) is 12.6. The molecule has 0 spiro atoms. The molecule has 0 aromatic heterocycles. The number of amides is 1. The molecule has 1 atom stereocenters. The topological polar surface area (TPSA) is 64.6 Å².